The lowest BCUT2D eigenvalue weighted by Gasteiger charge is -2.04. The zero-order chi connectivity index (χ0) is 17.6. The van der Waals surface area contributed by atoms with Gasteiger partial charge in [-0.1, -0.05) is 53.7 Å². The molecular weight excluding hydrogens is 332 g/mol. The highest BCUT2D eigenvalue weighted by Crippen LogP contribution is 2.23. The zero-order valence-corrected chi connectivity index (χ0v) is 15.1. The predicted octanol–water partition coefficient (Wildman–Crippen LogP) is 3.61. The first-order valence-electron chi connectivity index (χ1n) is 8.14. The molecule has 0 saturated carbocycles. The van der Waals surface area contributed by atoms with Crippen molar-refractivity contribution < 1.29 is 4.79 Å². The standard InChI is InChI=1S/C19H20N4OS/c1-3-23-17-7-5-4-6-16(17)21-19(23)25-13-18(24)22-20-12-15-10-8-14(2)9-11-15/h4-12H,3,13H2,1-2H3,(H,22,24)/b20-12+. The number of amides is 1. The maximum absolute atomic E-state index is 12.0. The Morgan fingerprint density at radius 3 is 2.76 bits per heavy atom. The lowest BCUT2D eigenvalue weighted by atomic mass is 10.2. The van der Waals surface area contributed by atoms with Gasteiger partial charge in [0.25, 0.3) is 5.91 Å². The van der Waals surface area contributed by atoms with Gasteiger partial charge in [0.2, 0.25) is 0 Å². The van der Waals surface area contributed by atoms with Gasteiger partial charge in [-0.3, -0.25) is 4.79 Å². The third-order valence-electron chi connectivity index (χ3n) is 3.75. The first-order chi connectivity index (χ1) is 12.2. The molecule has 0 unspecified atom stereocenters. The van der Waals surface area contributed by atoms with Gasteiger partial charge in [0.05, 0.1) is 23.0 Å². The highest BCUT2D eigenvalue weighted by molar-refractivity contribution is 7.99. The molecule has 6 heteroatoms. The number of nitrogens with one attached hydrogen (secondary N) is 1. The molecular formula is C19H20N4OS. The molecule has 0 fully saturated rings. The van der Waals surface area contributed by atoms with Gasteiger partial charge in [0, 0.05) is 6.54 Å². The van der Waals surface area contributed by atoms with Gasteiger partial charge in [0.1, 0.15) is 0 Å². The normalized spacial score (nSPS) is 11.3. The Balaban J connectivity index is 1.58. The summed E-state index contributed by atoms with van der Waals surface area (Å²) < 4.78 is 2.11. The molecule has 0 aliphatic carbocycles. The van der Waals surface area contributed by atoms with E-state index >= 15 is 0 Å². The Hall–Kier alpha value is -2.60. The van der Waals surface area contributed by atoms with E-state index in [1.54, 1.807) is 6.21 Å². The fourth-order valence-corrected chi connectivity index (χ4v) is 3.33. The van der Waals surface area contributed by atoms with Crippen LogP contribution in [0.15, 0.2) is 58.8 Å². The zero-order valence-electron chi connectivity index (χ0n) is 14.3. The second-order valence-corrected chi connectivity index (χ2v) is 6.56. The molecule has 25 heavy (non-hydrogen) atoms. The number of benzene rings is 2. The number of aryl methyl sites for hydroxylation is 2. The van der Waals surface area contributed by atoms with Gasteiger partial charge in [-0.2, -0.15) is 5.10 Å². The van der Waals surface area contributed by atoms with E-state index in [9.17, 15) is 4.79 Å². The molecule has 3 rings (SSSR count). The summed E-state index contributed by atoms with van der Waals surface area (Å²) >= 11 is 1.42. The number of aromatic nitrogens is 2. The molecule has 128 valence electrons. The van der Waals surface area contributed by atoms with Crippen molar-refractivity contribution in [1.82, 2.24) is 15.0 Å². The van der Waals surface area contributed by atoms with E-state index in [-0.39, 0.29) is 11.7 Å². The summed E-state index contributed by atoms with van der Waals surface area (Å²) in [4.78, 5) is 16.6. The Labute approximate surface area is 151 Å². The van der Waals surface area contributed by atoms with Crippen molar-refractivity contribution in [1.29, 1.82) is 0 Å². The maximum Gasteiger partial charge on any atom is 0.250 e. The van der Waals surface area contributed by atoms with Crippen LogP contribution in [0.25, 0.3) is 11.0 Å². The first-order valence-corrected chi connectivity index (χ1v) is 9.12. The first kappa shape index (κ1) is 17.2. The quantitative estimate of drug-likeness (QED) is 0.419. The van der Waals surface area contributed by atoms with Crippen LogP contribution < -0.4 is 5.43 Å². The number of hydrazone groups is 1. The fraction of sp³-hybridized carbons (Fsp3) is 0.211. The average molecular weight is 352 g/mol. The number of nitrogens with zero attached hydrogens (tertiary/aromatic N) is 3. The van der Waals surface area contributed by atoms with Crippen LogP contribution >= 0.6 is 11.8 Å². The van der Waals surface area contributed by atoms with Crippen molar-refractivity contribution in [3.8, 4) is 0 Å². The molecule has 0 spiro atoms. The number of carbonyl (C=O) groups excluding carboxylic acids is 1. The molecule has 1 N–H and O–H groups in total. The molecule has 0 atom stereocenters. The molecule has 0 aliphatic rings. The number of thioether (sulfide) groups is 1. The van der Waals surface area contributed by atoms with Crippen LogP contribution in [0.5, 0.6) is 0 Å². The molecule has 0 bridgehead atoms. The monoisotopic (exact) mass is 352 g/mol. The molecule has 1 aromatic heterocycles. The van der Waals surface area contributed by atoms with E-state index in [4.69, 9.17) is 0 Å². The van der Waals surface area contributed by atoms with E-state index in [2.05, 4.69) is 27.0 Å². The van der Waals surface area contributed by atoms with Crippen molar-refractivity contribution in [2.24, 2.45) is 5.10 Å². The predicted molar refractivity (Wildman–Crippen MR) is 103 cm³/mol. The second-order valence-electron chi connectivity index (χ2n) is 5.62. The topological polar surface area (TPSA) is 59.3 Å². The number of carbonyl (C=O) groups is 1. The highest BCUT2D eigenvalue weighted by atomic mass is 32.2. The minimum Gasteiger partial charge on any atom is -0.319 e. The fourth-order valence-electron chi connectivity index (χ4n) is 2.46. The summed E-state index contributed by atoms with van der Waals surface area (Å²) in [5, 5.41) is 4.85. The molecule has 1 heterocycles. The molecule has 0 saturated heterocycles. The maximum atomic E-state index is 12.0. The highest BCUT2D eigenvalue weighted by Gasteiger charge is 2.11. The third-order valence-corrected chi connectivity index (χ3v) is 4.72. The number of imidazole rings is 1. The summed E-state index contributed by atoms with van der Waals surface area (Å²) in [6.07, 6.45) is 1.64. The summed E-state index contributed by atoms with van der Waals surface area (Å²) in [6.45, 7) is 4.92. The number of hydrogen-bond acceptors (Lipinski definition) is 4. The van der Waals surface area contributed by atoms with Gasteiger partial charge in [-0.15, -0.1) is 0 Å². The molecule has 0 radical (unpaired) electrons. The van der Waals surface area contributed by atoms with Gasteiger partial charge >= 0.3 is 0 Å². The van der Waals surface area contributed by atoms with Crippen LogP contribution in [0.3, 0.4) is 0 Å². The van der Waals surface area contributed by atoms with E-state index < -0.39 is 0 Å². The smallest absolute Gasteiger partial charge is 0.250 e. The van der Waals surface area contributed by atoms with Gasteiger partial charge in [-0.05, 0) is 31.5 Å². The minimum absolute atomic E-state index is 0.150. The summed E-state index contributed by atoms with van der Waals surface area (Å²) in [5.41, 5.74) is 6.74. The summed E-state index contributed by atoms with van der Waals surface area (Å²) in [6, 6.07) is 15.9. The molecule has 3 aromatic rings. The van der Waals surface area contributed by atoms with E-state index in [1.165, 1.54) is 17.3 Å². The minimum atomic E-state index is -0.150. The van der Waals surface area contributed by atoms with Crippen LogP contribution in [-0.2, 0) is 11.3 Å². The van der Waals surface area contributed by atoms with Gasteiger partial charge in [0.15, 0.2) is 5.16 Å². The van der Waals surface area contributed by atoms with Crippen LogP contribution in [-0.4, -0.2) is 27.4 Å². The largest absolute Gasteiger partial charge is 0.319 e. The van der Waals surface area contributed by atoms with Crippen molar-refractivity contribution in [3.63, 3.8) is 0 Å². The second kappa shape index (κ2) is 7.98. The lowest BCUT2D eigenvalue weighted by Crippen LogP contribution is -2.20. The van der Waals surface area contributed by atoms with E-state index in [1.807, 2.05) is 55.5 Å². The van der Waals surface area contributed by atoms with Crippen molar-refractivity contribution in [3.05, 3.63) is 59.7 Å². The van der Waals surface area contributed by atoms with Crippen molar-refractivity contribution in [2.45, 2.75) is 25.5 Å². The number of rotatable bonds is 6. The van der Waals surface area contributed by atoms with Crippen LogP contribution in [0.4, 0.5) is 0 Å². The van der Waals surface area contributed by atoms with Crippen LogP contribution in [0, 0.1) is 6.92 Å². The van der Waals surface area contributed by atoms with Crippen molar-refractivity contribution in [2.75, 3.05) is 5.75 Å². The molecule has 0 aliphatic heterocycles. The van der Waals surface area contributed by atoms with Gasteiger partial charge in [-0.25, -0.2) is 10.4 Å². The Morgan fingerprint density at radius 1 is 1.24 bits per heavy atom. The number of fused-ring (bicyclic) bond motifs is 1. The Bertz CT molecular complexity index is 899. The van der Waals surface area contributed by atoms with Crippen LogP contribution in [0.1, 0.15) is 18.1 Å². The Kier molecular flexibility index (Phi) is 5.50. The van der Waals surface area contributed by atoms with E-state index in [0.29, 0.717) is 0 Å². The van der Waals surface area contributed by atoms with Gasteiger partial charge < -0.3 is 4.57 Å². The molecule has 2 aromatic carbocycles. The third kappa shape index (κ3) is 4.28. The lowest BCUT2D eigenvalue weighted by molar-refractivity contribution is -0.118. The summed E-state index contributed by atoms with van der Waals surface area (Å²) in [7, 11) is 0. The van der Waals surface area contributed by atoms with Crippen molar-refractivity contribution >= 4 is 34.9 Å². The summed E-state index contributed by atoms with van der Waals surface area (Å²) in [5.74, 6) is 0.122. The molecule has 1 amide bonds. The molecule has 5 nitrogen and oxygen atoms in total. The Morgan fingerprint density at radius 2 is 2.00 bits per heavy atom. The number of hydrogen-bond donors (Lipinski definition) is 1. The van der Waals surface area contributed by atoms with Crippen LogP contribution in [0.2, 0.25) is 0 Å². The average Bonchev–Trinajstić information content (AvgIpc) is 2.99. The number of para-hydroxylation sites is 2. The van der Waals surface area contributed by atoms with E-state index in [0.717, 1.165) is 28.3 Å². The SMILES string of the molecule is CCn1c(SCC(=O)N/N=C/c2ccc(C)cc2)nc2ccccc21.